The third-order valence-corrected chi connectivity index (χ3v) is 0.985. The van der Waals surface area contributed by atoms with Crippen LogP contribution < -0.4 is 5.48 Å². The lowest BCUT2D eigenvalue weighted by molar-refractivity contribution is -0.112. The second kappa shape index (κ2) is 5.97. The highest BCUT2D eigenvalue weighted by Crippen LogP contribution is 1.76. The van der Waals surface area contributed by atoms with Gasteiger partial charge in [0.15, 0.2) is 0 Å². The molecule has 56 valence electrons. The van der Waals surface area contributed by atoms with Crippen molar-refractivity contribution in [3.05, 3.63) is 0 Å². The second-order valence-electron chi connectivity index (χ2n) is 1.63. The molecule has 0 bridgehead atoms. The molecule has 1 N–H and O–H groups in total. The fourth-order valence-corrected chi connectivity index (χ4v) is 0.396. The molecule has 4 nitrogen and oxygen atoms in total. The van der Waals surface area contributed by atoms with Crippen LogP contribution in [0.4, 0.5) is 0 Å². The fraction of sp³-hybridized carbons (Fsp3) is 1.00. The number of hydroxylamine groups is 3. The van der Waals surface area contributed by atoms with Crippen molar-refractivity contribution in [2.45, 2.75) is 0 Å². The normalized spacial score (nSPS) is 10.7. The second-order valence-corrected chi connectivity index (χ2v) is 1.63. The molecule has 0 unspecified atom stereocenters. The average Bonchev–Trinajstić information content (AvgIpc) is 1.89. The van der Waals surface area contributed by atoms with Crippen LogP contribution in [0, 0.1) is 0 Å². The Hall–Kier alpha value is -0.160. The molecule has 0 aromatic heterocycles. The lowest BCUT2D eigenvalue weighted by Crippen LogP contribution is -2.27. The molecule has 4 heteroatoms. The number of rotatable bonds is 5. The van der Waals surface area contributed by atoms with Crippen LogP contribution in [-0.2, 0) is 9.68 Å². The summed E-state index contributed by atoms with van der Waals surface area (Å²) in [4.78, 5) is 9.44. The first-order chi connectivity index (χ1) is 4.31. The quantitative estimate of drug-likeness (QED) is 0.411. The Kier molecular flexibility index (Phi) is 5.86. The smallest absolute Gasteiger partial charge is 0.0575 e. The minimum atomic E-state index is 0.765. The first-order valence-electron chi connectivity index (χ1n) is 2.82. The van der Waals surface area contributed by atoms with Crippen LogP contribution in [0.2, 0.25) is 0 Å². The van der Waals surface area contributed by atoms with Gasteiger partial charge in [-0.1, -0.05) is 0 Å². The topological polar surface area (TPSA) is 33.7 Å². The molecule has 0 aliphatic carbocycles. The predicted octanol–water partition coefficient (Wildman–Crippen LogP) is -0.369. The van der Waals surface area contributed by atoms with Gasteiger partial charge in [-0.15, -0.1) is 0 Å². The summed E-state index contributed by atoms with van der Waals surface area (Å²) < 4.78 is 0. The Labute approximate surface area is 55.6 Å². The molecule has 0 atom stereocenters. The van der Waals surface area contributed by atoms with Crippen molar-refractivity contribution < 1.29 is 9.68 Å². The van der Waals surface area contributed by atoms with E-state index in [0.717, 1.165) is 13.1 Å². The monoisotopic (exact) mass is 134 g/mol. The van der Waals surface area contributed by atoms with Crippen LogP contribution in [0.5, 0.6) is 0 Å². The van der Waals surface area contributed by atoms with E-state index < -0.39 is 0 Å². The lowest BCUT2D eigenvalue weighted by atomic mass is 10.6. The maximum absolute atomic E-state index is 4.83. The predicted molar refractivity (Wildman–Crippen MR) is 34.7 cm³/mol. The van der Waals surface area contributed by atoms with Gasteiger partial charge in [0, 0.05) is 20.1 Å². The molecule has 0 radical (unpaired) electrons. The molecular weight excluding hydrogens is 120 g/mol. The number of hydrogen-bond donors (Lipinski definition) is 1. The van der Waals surface area contributed by atoms with Crippen molar-refractivity contribution in [2.24, 2.45) is 0 Å². The maximum Gasteiger partial charge on any atom is 0.0575 e. The Bertz CT molecular complexity index is 60.9. The highest BCUT2D eigenvalue weighted by molar-refractivity contribution is 4.36. The van der Waals surface area contributed by atoms with Gasteiger partial charge in [-0.3, -0.25) is 0 Å². The van der Waals surface area contributed by atoms with Gasteiger partial charge in [0.05, 0.1) is 14.2 Å². The van der Waals surface area contributed by atoms with E-state index in [1.807, 2.05) is 7.05 Å². The van der Waals surface area contributed by atoms with Gasteiger partial charge in [-0.25, -0.2) is 5.48 Å². The molecule has 0 saturated carbocycles. The number of nitrogens with zero attached hydrogens (tertiary/aromatic N) is 1. The minimum Gasteiger partial charge on any atom is -0.305 e. The molecule has 0 rings (SSSR count). The zero-order chi connectivity index (χ0) is 7.11. The number of nitrogens with one attached hydrogen (secondary N) is 1. The van der Waals surface area contributed by atoms with Crippen LogP contribution in [-0.4, -0.2) is 39.4 Å². The molecule has 0 heterocycles. The summed E-state index contributed by atoms with van der Waals surface area (Å²) in [6.45, 7) is 1.57. The molecular formula is C5H14N2O2. The standard InChI is InChI=1S/C5H14N2O2/c1-7(9-3)5-4-6-8-2/h6H,4-5H2,1-3H3. The van der Waals surface area contributed by atoms with E-state index in [1.54, 1.807) is 19.3 Å². The highest BCUT2D eigenvalue weighted by Gasteiger charge is 1.91. The Morgan fingerprint density at radius 3 is 2.56 bits per heavy atom. The largest absolute Gasteiger partial charge is 0.305 e. The summed E-state index contributed by atoms with van der Waals surface area (Å²) in [5.74, 6) is 0. The first-order valence-corrected chi connectivity index (χ1v) is 2.82. The molecule has 0 saturated heterocycles. The van der Waals surface area contributed by atoms with Gasteiger partial charge >= 0.3 is 0 Å². The molecule has 0 aromatic rings. The summed E-state index contributed by atoms with van der Waals surface area (Å²) in [5.41, 5.74) is 2.69. The highest BCUT2D eigenvalue weighted by atomic mass is 16.7. The van der Waals surface area contributed by atoms with Crippen LogP contribution in [0.15, 0.2) is 0 Å². The van der Waals surface area contributed by atoms with Crippen molar-refractivity contribution in [3.63, 3.8) is 0 Å². The summed E-state index contributed by atoms with van der Waals surface area (Å²) in [6, 6.07) is 0. The van der Waals surface area contributed by atoms with E-state index in [0.29, 0.717) is 0 Å². The van der Waals surface area contributed by atoms with E-state index in [4.69, 9.17) is 4.84 Å². The van der Waals surface area contributed by atoms with Gasteiger partial charge in [0.2, 0.25) is 0 Å². The minimum absolute atomic E-state index is 0.765. The van der Waals surface area contributed by atoms with Gasteiger partial charge in [0.25, 0.3) is 0 Å². The first kappa shape index (κ1) is 8.84. The van der Waals surface area contributed by atoms with Crippen LogP contribution >= 0.6 is 0 Å². The average molecular weight is 134 g/mol. The Morgan fingerprint density at radius 2 is 2.11 bits per heavy atom. The van der Waals surface area contributed by atoms with Crippen LogP contribution in [0.25, 0.3) is 0 Å². The van der Waals surface area contributed by atoms with Crippen molar-refractivity contribution in [1.82, 2.24) is 10.5 Å². The fourth-order valence-electron chi connectivity index (χ4n) is 0.396. The number of likely N-dealkylation sites (N-methyl/N-ethyl adjacent to an activating group) is 1. The summed E-state index contributed by atoms with van der Waals surface area (Å²) in [5, 5.41) is 1.71. The summed E-state index contributed by atoms with van der Waals surface area (Å²) >= 11 is 0. The third-order valence-electron chi connectivity index (χ3n) is 0.985. The zero-order valence-corrected chi connectivity index (χ0v) is 6.18. The molecule has 0 fully saturated rings. The van der Waals surface area contributed by atoms with Gasteiger partial charge in [-0.2, -0.15) is 5.06 Å². The van der Waals surface area contributed by atoms with Gasteiger partial charge in [0.1, 0.15) is 0 Å². The van der Waals surface area contributed by atoms with E-state index >= 15 is 0 Å². The van der Waals surface area contributed by atoms with Crippen molar-refractivity contribution in [2.75, 3.05) is 34.4 Å². The van der Waals surface area contributed by atoms with Gasteiger partial charge in [-0.05, 0) is 0 Å². The summed E-state index contributed by atoms with van der Waals surface area (Å²) in [7, 11) is 5.08. The molecule has 0 aliphatic rings. The molecule has 0 amide bonds. The SMILES string of the molecule is CONCCN(C)OC. The van der Waals surface area contributed by atoms with Crippen LogP contribution in [0.3, 0.4) is 0 Å². The number of hydrogen-bond acceptors (Lipinski definition) is 4. The zero-order valence-electron chi connectivity index (χ0n) is 6.18. The van der Waals surface area contributed by atoms with Gasteiger partial charge < -0.3 is 9.68 Å². The van der Waals surface area contributed by atoms with Crippen LogP contribution in [0.1, 0.15) is 0 Å². The molecule has 0 aliphatic heterocycles. The lowest BCUT2D eigenvalue weighted by Gasteiger charge is -2.12. The van der Waals surface area contributed by atoms with Crippen molar-refractivity contribution in [1.29, 1.82) is 0 Å². The maximum atomic E-state index is 4.83. The van der Waals surface area contributed by atoms with Crippen molar-refractivity contribution >= 4 is 0 Å². The summed E-state index contributed by atoms with van der Waals surface area (Å²) in [6.07, 6.45) is 0. The van der Waals surface area contributed by atoms with Crippen molar-refractivity contribution in [3.8, 4) is 0 Å². The Balaban J connectivity index is 2.88. The van der Waals surface area contributed by atoms with E-state index in [9.17, 15) is 0 Å². The molecule has 0 aromatic carbocycles. The van der Waals surface area contributed by atoms with E-state index in [-0.39, 0.29) is 0 Å². The molecule has 9 heavy (non-hydrogen) atoms. The Morgan fingerprint density at radius 1 is 1.44 bits per heavy atom. The van der Waals surface area contributed by atoms with E-state index in [1.165, 1.54) is 0 Å². The third kappa shape index (κ3) is 5.72. The van der Waals surface area contributed by atoms with E-state index in [2.05, 4.69) is 10.3 Å². The molecule has 0 spiro atoms.